The Balaban J connectivity index is 0.00000225. The van der Waals surface area contributed by atoms with Gasteiger partial charge in [-0.2, -0.15) is 0 Å². The molecule has 0 saturated heterocycles. The maximum absolute atomic E-state index is 11.7. The van der Waals surface area contributed by atoms with Crippen LogP contribution in [0.25, 0.3) is 0 Å². The van der Waals surface area contributed by atoms with E-state index in [1.807, 2.05) is 19.1 Å². The molecule has 16 heavy (non-hydrogen) atoms. The highest BCUT2D eigenvalue weighted by Gasteiger charge is 2.17. The first-order chi connectivity index (χ1) is 7.06. The van der Waals surface area contributed by atoms with Gasteiger partial charge >= 0.3 is 0 Å². The van der Waals surface area contributed by atoms with Crippen LogP contribution < -0.4 is 10.6 Å². The van der Waals surface area contributed by atoms with Crippen molar-refractivity contribution >= 4 is 35.6 Å². The Bertz CT molecular complexity index is 356. The van der Waals surface area contributed by atoms with Crippen LogP contribution in [-0.4, -0.2) is 18.5 Å². The standard InChI is InChI=1S/C11H15ClN2O.ClH/c1-3-14(11(15)8(2)13)10-6-4-5-9(12)7-10;/h4-8H,3,13H2,1-2H3;1H. The van der Waals surface area contributed by atoms with E-state index in [9.17, 15) is 4.79 Å². The fourth-order valence-corrected chi connectivity index (χ4v) is 1.54. The lowest BCUT2D eigenvalue weighted by Crippen LogP contribution is -2.42. The van der Waals surface area contributed by atoms with E-state index in [0.29, 0.717) is 11.6 Å². The third-order valence-electron chi connectivity index (χ3n) is 2.09. The number of carbonyl (C=O) groups is 1. The molecule has 5 heteroatoms. The molecule has 1 rings (SSSR count). The molecule has 0 aliphatic carbocycles. The van der Waals surface area contributed by atoms with Crippen molar-refractivity contribution < 1.29 is 4.79 Å². The lowest BCUT2D eigenvalue weighted by atomic mass is 10.2. The Labute approximate surface area is 107 Å². The van der Waals surface area contributed by atoms with Crippen molar-refractivity contribution in [1.29, 1.82) is 0 Å². The third-order valence-corrected chi connectivity index (χ3v) is 2.33. The second-order valence-corrected chi connectivity index (χ2v) is 3.79. The number of amides is 1. The van der Waals surface area contributed by atoms with Gasteiger partial charge in [0, 0.05) is 17.3 Å². The van der Waals surface area contributed by atoms with Crippen molar-refractivity contribution in [3.05, 3.63) is 29.3 Å². The largest absolute Gasteiger partial charge is 0.320 e. The molecule has 1 atom stereocenters. The highest BCUT2D eigenvalue weighted by molar-refractivity contribution is 6.30. The Morgan fingerprint density at radius 1 is 1.56 bits per heavy atom. The lowest BCUT2D eigenvalue weighted by Gasteiger charge is -2.23. The third kappa shape index (κ3) is 3.67. The van der Waals surface area contributed by atoms with Crippen LogP contribution in [0, 0.1) is 0 Å². The molecule has 0 spiro atoms. The highest BCUT2D eigenvalue weighted by atomic mass is 35.5. The number of carbonyl (C=O) groups excluding carboxylic acids is 1. The Kier molecular flexibility index (Phi) is 6.41. The summed E-state index contributed by atoms with van der Waals surface area (Å²) < 4.78 is 0. The lowest BCUT2D eigenvalue weighted by molar-refractivity contribution is -0.119. The van der Waals surface area contributed by atoms with E-state index in [-0.39, 0.29) is 18.3 Å². The number of nitrogens with two attached hydrogens (primary N) is 1. The first-order valence-corrected chi connectivity index (χ1v) is 5.26. The molecule has 0 aliphatic heterocycles. The van der Waals surface area contributed by atoms with Gasteiger partial charge in [0.05, 0.1) is 6.04 Å². The smallest absolute Gasteiger partial charge is 0.243 e. The van der Waals surface area contributed by atoms with Crippen molar-refractivity contribution in [3.8, 4) is 0 Å². The zero-order chi connectivity index (χ0) is 11.4. The molecule has 0 saturated carbocycles. The molecule has 1 aromatic rings. The van der Waals surface area contributed by atoms with Crippen molar-refractivity contribution in [2.24, 2.45) is 5.73 Å². The van der Waals surface area contributed by atoms with Gasteiger partial charge in [-0.3, -0.25) is 4.79 Å². The van der Waals surface area contributed by atoms with Crippen molar-refractivity contribution in [1.82, 2.24) is 0 Å². The van der Waals surface area contributed by atoms with Crippen LogP contribution in [0.1, 0.15) is 13.8 Å². The normalized spacial score (nSPS) is 11.5. The monoisotopic (exact) mass is 262 g/mol. The van der Waals surface area contributed by atoms with E-state index in [4.69, 9.17) is 17.3 Å². The molecule has 1 aromatic carbocycles. The van der Waals surface area contributed by atoms with E-state index in [2.05, 4.69) is 0 Å². The number of hydrogen-bond acceptors (Lipinski definition) is 2. The number of hydrogen-bond donors (Lipinski definition) is 1. The van der Waals surface area contributed by atoms with Gasteiger partial charge < -0.3 is 10.6 Å². The molecule has 2 N–H and O–H groups in total. The molecule has 90 valence electrons. The maximum Gasteiger partial charge on any atom is 0.243 e. The van der Waals surface area contributed by atoms with Gasteiger partial charge in [-0.15, -0.1) is 12.4 Å². The average Bonchev–Trinajstić information content (AvgIpc) is 2.18. The van der Waals surface area contributed by atoms with Crippen LogP contribution in [0.2, 0.25) is 5.02 Å². The Hall–Kier alpha value is -0.770. The van der Waals surface area contributed by atoms with Crippen molar-refractivity contribution in [2.45, 2.75) is 19.9 Å². The van der Waals surface area contributed by atoms with Gasteiger partial charge in [-0.25, -0.2) is 0 Å². The van der Waals surface area contributed by atoms with Gasteiger partial charge in [-0.1, -0.05) is 17.7 Å². The second kappa shape index (κ2) is 6.74. The molecule has 1 amide bonds. The molecular formula is C11H16Cl2N2O. The van der Waals surface area contributed by atoms with Gasteiger partial charge in [0.25, 0.3) is 0 Å². The molecule has 0 aliphatic rings. The van der Waals surface area contributed by atoms with E-state index in [0.717, 1.165) is 5.69 Å². The summed E-state index contributed by atoms with van der Waals surface area (Å²) in [7, 11) is 0. The fraction of sp³-hybridized carbons (Fsp3) is 0.364. The summed E-state index contributed by atoms with van der Waals surface area (Å²) >= 11 is 5.86. The molecule has 0 aromatic heterocycles. The van der Waals surface area contributed by atoms with E-state index >= 15 is 0 Å². The summed E-state index contributed by atoms with van der Waals surface area (Å²) in [6.45, 7) is 4.16. The first-order valence-electron chi connectivity index (χ1n) is 4.88. The summed E-state index contributed by atoms with van der Waals surface area (Å²) in [5.74, 6) is -0.0974. The first kappa shape index (κ1) is 15.2. The number of anilines is 1. The van der Waals surface area contributed by atoms with E-state index in [1.54, 1.807) is 24.0 Å². The average molecular weight is 263 g/mol. The second-order valence-electron chi connectivity index (χ2n) is 3.35. The van der Waals surface area contributed by atoms with Crippen LogP contribution in [0.15, 0.2) is 24.3 Å². The quantitative estimate of drug-likeness (QED) is 0.910. The molecule has 1 unspecified atom stereocenters. The predicted molar refractivity (Wildman–Crippen MR) is 70.4 cm³/mol. The number of benzene rings is 1. The van der Waals surface area contributed by atoms with Gasteiger partial charge in [-0.05, 0) is 32.0 Å². The minimum Gasteiger partial charge on any atom is -0.320 e. The molecule has 0 fully saturated rings. The molecular weight excluding hydrogens is 247 g/mol. The molecule has 0 radical (unpaired) electrons. The summed E-state index contributed by atoms with van der Waals surface area (Å²) in [5.41, 5.74) is 6.35. The zero-order valence-corrected chi connectivity index (χ0v) is 10.9. The van der Waals surface area contributed by atoms with Crippen LogP contribution in [0.5, 0.6) is 0 Å². The summed E-state index contributed by atoms with van der Waals surface area (Å²) in [4.78, 5) is 13.4. The fourth-order valence-electron chi connectivity index (χ4n) is 1.36. The summed E-state index contributed by atoms with van der Waals surface area (Å²) in [6, 6.07) is 6.69. The van der Waals surface area contributed by atoms with E-state index < -0.39 is 6.04 Å². The molecule has 3 nitrogen and oxygen atoms in total. The topological polar surface area (TPSA) is 46.3 Å². The SMILES string of the molecule is CCN(C(=O)C(C)N)c1cccc(Cl)c1.Cl. The molecule has 0 bridgehead atoms. The highest BCUT2D eigenvalue weighted by Crippen LogP contribution is 2.19. The minimum absolute atomic E-state index is 0. The Morgan fingerprint density at radius 3 is 2.62 bits per heavy atom. The van der Waals surface area contributed by atoms with Crippen LogP contribution in [0.3, 0.4) is 0 Å². The van der Waals surface area contributed by atoms with Crippen molar-refractivity contribution in [2.75, 3.05) is 11.4 Å². The van der Waals surface area contributed by atoms with E-state index in [1.165, 1.54) is 0 Å². The van der Waals surface area contributed by atoms with Crippen LogP contribution in [0.4, 0.5) is 5.69 Å². The zero-order valence-electron chi connectivity index (χ0n) is 9.31. The Morgan fingerprint density at radius 2 is 2.19 bits per heavy atom. The van der Waals surface area contributed by atoms with Gasteiger partial charge in [0.15, 0.2) is 0 Å². The van der Waals surface area contributed by atoms with Gasteiger partial charge in [0.1, 0.15) is 0 Å². The van der Waals surface area contributed by atoms with Crippen LogP contribution >= 0.6 is 24.0 Å². The minimum atomic E-state index is -0.496. The summed E-state index contributed by atoms with van der Waals surface area (Å²) in [6.07, 6.45) is 0. The maximum atomic E-state index is 11.7. The van der Waals surface area contributed by atoms with Crippen LogP contribution in [-0.2, 0) is 4.79 Å². The molecule has 0 heterocycles. The predicted octanol–water partition coefficient (Wildman–Crippen LogP) is 2.46. The van der Waals surface area contributed by atoms with Crippen molar-refractivity contribution in [3.63, 3.8) is 0 Å². The number of rotatable bonds is 3. The van der Waals surface area contributed by atoms with Gasteiger partial charge in [0.2, 0.25) is 5.91 Å². The summed E-state index contributed by atoms with van der Waals surface area (Å²) in [5, 5.41) is 0.614. The number of nitrogens with zero attached hydrogens (tertiary/aromatic N) is 1. The number of likely N-dealkylation sites (N-methyl/N-ethyl adjacent to an activating group) is 1. The number of halogens is 2.